The second-order valence-corrected chi connectivity index (χ2v) is 9.18. The molecule has 0 aromatic carbocycles. The number of ether oxygens (including phenoxy) is 1. The van der Waals surface area contributed by atoms with Gasteiger partial charge in [-0.15, -0.1) is 0 Å². The number of rotatable bonds is 4. The lowest BCUT2D eigenvalue weighted by atomic mass is 9.68. The van der Waals surface area contributed by atoms with E-state index in [1.165, 1.54) is 64.2 Å². The van der Waals surface area contributed by atoms with Gasteiger partial charge in [0.15, 0.2) is 5.83 Å². The third-order valence-corrected chi connectivity index (χ3v) is 7.68. The van der Waals surface area contributed by atoms with Crippen LogP contribution in [0.2, 0.25) is 0 Å². The van der Waals surface area contributed by atoms with E-state index in [0.29, 0.717) is 17.6 Å². The van der Waals surface area contributed by atoms with Gasteiger partial charge in [-0.25, -0.2) is 4.39 Å². The smallest absolute Gasteiger partial charge is 0.160 e. The fourth-order valence-electron chi connectivity index (χ4n) is 6.20. The highest BCUT2D eigenvalue weighted by Crippen LogP contribution is 2.47. The van der Waals surface area contributed by atoms with E-state index in [1.54, 1.807) is 6.08 Å². The predicted octanol–water partition coefficient (Wildman–Crippen LogP) is 6.95. The van der Waals surface area contributed by atoms with Crippen LogP contribution < -0.4 is 0 Å². The maximum Gasteiger partial charge on any atom is 0.160 e. The summed E-state index contributed by atoms with van der Waals surface area (Å²) in [5.74, 6) is 4.51. The van der Waals surface area contributed by atoms with Gasteiger partial charge < -0.3 is 4.74 Å². The standard InChI is InChI=1S/C23H35FO/c1-2-4-16-7-9-17(10-8-16)18-11-13-19(14-12-18)22-15-20-5-3-6-21(24)23(20)25-22/h3,6,16-20,22H,2,4-5,7-15H2,1H3/t16?,17?,18?,19?,20?,22-/m0/s1. The van der Waals surface area contributed by atoms with E-state index in [2.05, 4.69) is 6.92 Å². The molecule has 3 fully saturated rings. The summed E-state index contributed by atoms with van der Waals surface area (Å²) < 4.78 is 20.0. The van der Waals surface area contributed by atoms with Crippen molar-refractivity contribution in [2.75, 3.05) is 0 Å². The van der Waals surface area contributed by atoms with Crippen molar-refractivity contribution < 1.29 is 9.13 Å². The first-order valence-electron chi connectivity index (χ1n) is 11.0. The molecular weight excluding hydrogens is 311 g/mol. The summed E-state index contributed by atoms with van der Waals surface area (Å²) in [4.78, 5) is 0. The Bertz CT molecular complexity index is 506. The lowest BCUT2D eigenvalue weighted by Crippen LogP contribution is -2.30. The Balaban J connectivity index is 1.25. The van der Waals surface area contributed by atoms with E-state index in [4.69, 9.17) is 4.74 Å². The second-order valence-electron chi connectivity index (χ2n) is 9.18. The maximum absolute atomic E-state index is 13.9. The van der Waals surface area contributed by atoms with Gasteiger partial charge >= 0.3 is 0 Å². The molecule has 0 N–H and O–H groups in total. The van der Waals surface area contributed by atoms with Crippen LogP contribution in [-0.4, -0.2) is 6.10 Å². The van der Waals surface area contributed by atoms with Gasteiger partial charge in [-0.05, 0) is 81.1 Å². The van der Waals surface area contributed by atoms with Crippen molar-refractivity contribution in [1.82, 2.24) is 0 Å². The highest BCUT2D eigenvalue weighted by Gasteiger charge is 2.40. The van der Waals surface area contributed by atoms with E-state index >= 15 is 0 Å². The van der Waals surface area contributed by atoms with Gasteiger partial charge in [0.2, 0.25) is 0 Å². The fraction of sp³-hybridized carbons (Fsp3) is 0.826. The monoisotopic (exact) mass is 346 g/mol. The Morgan fingerprint density at radius 1 is 0.960 bits per heavy atom. The highest BCUT2D eigenvalue weighted by atomic mass is 19.1. The first kappa shape index (κ1) is 17.6. The molecular formula is C23H35FO. The van der Waals surface area contributed by atoms with Crippen molar-refractivity contribution in [3.05, 3.63) is 23.7 Å². The molecule has 4 rings (SSSR count). The molecule has 4 aliphatic rings. The summed E-state index contributed by atoms with van der Waals surface area (Å²) in [5.41, 5.74) is 0. The van der Waals surface area contributed by atoms with Gasteiger partial charge in [0.1, 0.15) is 11.9 Å². The molecule has 0 amide bonds. The summed E-state index contributed by atoms with van der Waals surface area (Å²) in [6.07, 6.45) is 20.0. The summed E-state index contributed by atoms with van der Waals surface area (Å²) >= 11 is 0. The van der Waals surface area contributed by atoms with E-state index < -0.39 is 0 Å². The van der Waals surface area contributed by atoms with E-state index in [0.717, 1.165) is 30.6 Å². The molecule has 0 aromatic rings. The molecule has 1 unspecified atom stereocenters. The molecule has 2 heteroatoms. The summed E-state index contributed by atoms with van der Waals surface area (Å²) in [6.45, 7) is 2.33. The molecule has 2 saturated carbocycles. The van der Waals surface area contributed by atoms with Crippen molar-refractivity contribution >= 4 is 0 Å². The zero-order valence-electron chi connectivity index (χ0n) is 15.9. The van der Waals surface area contributed by atoms with Crippen molar-refractivity contribution in [3.8, 4) is 0 Å². The molecule has 0 spiro atoms. The Morgan fingerprint density at radius 2 is 1.60 bits per heavy atom. The second kappa shape index (κ2) is 7.84. The van der Waals surface area contributed by atoms with Gasteiger partial charge in [-0.1, -0.05) is 38.7 Å². The van der Waals surface area contributed by atoms with Crippen LogP contribution in [0.25, 0.3) is 0 Å². The summed E-state index contributed by atoms with van der Waals surface area (Å²) in [6, 6.07) is 0. The molecule has 25 heavy (non-hydrogen) atoms. The van der Waals surface area contributed by atoms with Crippen molar-refractivity contribution in [1.29, 1.82) is 0 Å². The van der Waals surface area contributed by atoms with Crippen LogP contribution in [-0.2, 0) is 4.74 Å². The third-order valence-electron chi connectivity index (χ3n) is 7.68. The maximum atomic E-state index is 13.9. The van der Waals surface area contributed by atoms with Crippen LogP contribution in [0, 0.1) is 29.6 Å². The number of hydrogen-bond donors (Lipinski definition) is 0. The largest absolute Gasteiger partial charge is 0.491 e. The van der Waals surface area contributed by atoms with Gasteiger partial charge in [0.25, 0.3) is 0 Å². The Morgan fingerprint density at radius 3 is 2.24 bits per heavy atom. The molecule has 1 aliphatic heterocycles. The SMILES string of the molecule is CCCC1CCC(C2CCC([C@@H]3CC4CC=CC(F)=C4O3)CC2)CC1. The van der Waals surface area contributed by atoms with Crippen LogP contribution in [0.3, 0.4) is 0 Å². The number of halogens is 1. The lowest BCUT2D eigenvalue weighted by Gasteiger charge is -2.39. The molecule has 0 bridgehead atoms. The molecule has 2 atom stereocenters. The van der Waals surface area contributed by atoms with Crippen molar-refractivity contribution in [2.24, 2.45) is 29.6 Å². The molecule has 140 valence electrons. The minimum atomic E-state index is -0.115. The van der Waals surface area contributed by atoms with Crippen molar-refractivity contribution in [3.63, 3.8) is 0 Å². The van der Waals surface area contributed by atoms with Gasteiger partial charge in [0, 0.05) is 5.92 Å². The molecule has 0 aromatic heterocycles. The third kappa shape index (κ3) is 3.83. The van der Waals surface area contributed by atoms with E-state index in [1.807, 2.05) is 6.08 Å². The average molecular weight is 347 g/mol. The van der Waals surface area contributed by atoms with Gasteiger partial charge in [0.05, 0.1) is 0 Å². The molecule has 1 saturated heterocycles. The normalized spacial score (nSPS) is 41.5. The minimum Gasteiger partial charge on any atom is -0.491 e. The average Bonchev–Trinajstić information content (AvgIpc) is 3.09. The lowest BCUT2D eigenvalue weighted by molar-refractivity contribution is 0.0537. The Labute approximate surface area is 153 Å². The van der Waals surface area contributed by atoms with Gasteiger partial charge in [-0.2, -0.15) is 0 Å². The first-order valence-corrected chi connectivity index (χ1v) is 11.0. The van der Waals surface area contributed by atoms with Crippen LogP contribution in [0.4, 0.5) is 4.39 Å². The number of fused-ring (bicyclic) bond motifs is 1. The molecule has 1 nitrogen and oxygen atoms in total. The Hall–Kier alpha value is -0.790. The van der Waals surface area contributed by atoms with Crippen LogP contribution in [0.15, 0.2) is 23.7 Å². The summed E-state index contributed by atoms with van der Waals surface area (Å²) in [7, 11) is 0. The molecule has 3 aliphatic carbocycles. The quantitative estimate of drug-likeness (QED) is 0.535. The Kier molecular flexibility index (Phi) is 5.53. The molecule has 1 heterocycles. The van der Waals surface area contributed by atoms with Crippen LogP contribution in [0.5, 0.6) is 0 Å². The van der Waals surface area contributed by atoms with Crippen LogP contribution >= 0.6 is 0 Å². The van der Waals surface area contributed by atoms with E-state index in [-0.39, 0.29) is 11.9 Å². The fourth-order valence-corrected chi connectivity index (χ4v) is 6.20. The van der Waals surface area contributed by atoms with Crippen LogP contribution in [0.1, 0.15) is 84.0 Å². The number of allylic oxidation sites excluding steroid dienone is 4. The zero-order chi connectivity index (χ0) is 17.2. The first-order chi connectivity index (χ1) is 12.2. The minimum absolute atomic E-state index is 0.115. The van der Waals surface area contributed by atoms with E-state index in [9.17, 15) is 4.39 Å². The van der Waals surface area contributed by atoms with Crippen molar-refractivity contribution in [2.45, 2.75) is 90.1 Å². The molecule has 0 radical (unpaired) electrons. The number of hydrogen-bond acceptors (Lipinski definition) is 1. The van der Waals surface area contributed by atoms with Gasteiger partial charge in [-0.3, -0.25) is 0 Å². The summed E-state index contributed by atoms with van der Waals surface area (Å²) in [5, 5.41) is 0. The predicted molar refractivity (Wildman–Crippen MR) is 101 cm³/mol. The topological polar surface area (TPSA) is 9.23 Å². The zero-order valence-corrected chi connectivity index (χ0v) is 15.9. The highest BCUT2D eigenvalue weighted by molar-refractivity contribution is 5.25.